The molecule has 0 saturated carbocycles. The second kappa shape index (κ2) is 6.87. The van der Waals surface area contributed by atoms with Crippen molar-refractivity contribution < 1.29 is 9.53 Å². The first-order valence-corrected chi connectivity index (χ1v) is 10.1. The lowest BCUT2D eigenvalue weighted by atomic mass is 10.1. The maximum absolute atomic E-state index is 13.1. The van der Waals surface area contributed by atoms with E-state index >= 15 is 0 Å². The van der Waals surface area contributed by atoms with Gasteiger partial charge in [0.15, 0.2) is 4.80 Å². The average Bonchev–Trinajstić information content (AvgIpc) is 3.08. The molecular formula is C24H18N2O2S. The summed E-state index contributed by atoms with van der Waals surface area (Å²) in [6, 6.07) is 24.1. The van der Waals surface area contributed by atoms with Gasteiger partial charge in [0.1, 0.15) is 5.75 Å². The van der Waals surface area contributed by atoms with Crippen molar-refractivity contribution >= 4 is 49.0 Å². The molecule has 5 aromatic rings. The fourth-order valence-corrected chi connectivity index (χ4v) is 4.76. The van der Waals surface area contributed by atoms with Crippen LogP contribution in [0.1, 0.15) is 10.4 Å². The van der Waals surface area contributed by atoms with Crippen molar-refractivity contribution in [2.45, 2.75) is 0 Å². The third kappa shape index (κ3) is 2.91. The molecule has 0 spiro atoms. The van der Waals surface area contributed by atoms with Gasteiger partial charge in [0.25, 0.3) is 5.91 Å². The minimum Gasteiger partial charge on any atom is -0.496 e. The van der Waals surface area contributed by atoms with E-state index in [0.29, 0.717) is 16.1 Å². The Balaban J connectivity index is 1.70. The Morgan fingerprint density at radius 2 is 1.62 bits per heavy atom. The number of nitrogens with zero attached hydrogens (tertiary/aromatic N) is 2. The number of thiazole rings is 1. The number of aryl methyl sites for hydroxylation is 1. The highest BCUT2D eigenvalue weighted by Gasteiger charge is 2.14. The number of fused-ring (bicyclic) bond motifs is 4. The Morgan fingerprint density at radius 1 is 0.931 bits per heavy atom. The second-order valence-corrected chi connectivity index (χ2v) is 7.90. The fourth-order valence-electron chi connectivity index (χ4n) is 3.73. The number of hydrogen-bond acceptors (Lipinski definition) is 3. The SMILES string of the molecule is COc1cc2ccccc2cc1C(=O)N=c1sc2ccc3ccccc3c2n1C. The van der Waals surface area contributed by atoms with Gasteiger partial charge in [0.05, 0.1) is 22.9 Å². The predicted octanol–water partition coefficient (Wildman–Crippen LogP) is 5.30. The Labute approximate surface area is 171 Å². The maximum Gasteiger partial charge on any atom is 0.283 e. The van der Waals surface area contributed by atoms with Crippen LogP contribution in [0.4, 0.5) is 0 Å². The van der Waals surface area contributed by atoms with Crippen LogP contribution in [0, 0.1) is 0 Å². The summed E-state index contributed by atoms with van der Waals surface area (Å²) in [6.07, 6.45) is 0. The van der Waals surface area contributed by atoms with E-state index in [9.17, 15) is 4.79 Å². The molecule has 1 aromatic heterocycles. The van der Waals surface area contributed by atoms with Crippen LogP contribution in [0.25, 0.3) is 31.8 Å². The molecule has 0 bridgehead atoms. The monoisotopic (exact) mass is 398 g/mol. The van der Waals surface area contributed by atoms with Crippen molar-refractivity contribution in [3.05, 3.63) is 83.2 Å². The third-order valence-electron chi connectivity index (χ3n) is 5.18. The molecule has 142 valence electrons. The topological polar surface area (TPSA) is 43.6 Å². The van der Waals surface area contributed by atoms with Crippen molar-refractivity contribution in [2.24, 2.45) is 12.0 Å². The van der Waals surface area contributed by atoms with Gasteiger partial charge in [-0.25, -0.2) is 0 Å². The highest BCUT2D eigenvalue weighted by Crippen LogP contribution is 2.28. The van der Waals surface area contributed by atoms with Crippen molar-refractivity contribution in [2.75, 3.05) is 7.11 Å². The van der Waals surface area contributed by atoms with Gasteiger partial charge in [-0.1, -0.05) is 65.9 Å². The first-order chi connectivity index (χ1) is 14.2. The van der Waals surface area contributed by atoms with E-state index in [-0.39, 0.29) is 5.91 Å². The number of carbonyl (C=O) groups excluding carboxylic acids is 1. The summed E-state index contributed by atoms with van der Waals surface area (Å²) in [5.41, 5.74) is 1.55. The number of methoxy groups -OCH3 is 1. The van der Waals surface area contributed by atoms with E-state index in [2.05, 4.69) is 29.3 Å². The van der Waals surface area contributed by atoms with Gasteiger partial charge in [0.2, 0.25) is 0 Å². The standard InChI is InChI=1S/C24H18N2O2S/c1-26-22-18-10-6-5-7-15(18)11-12-21(22)29-24(26)25-23(27)19-13-16-8-3-4-9-17(16)14-20(19)28-2/h3-14H,1-2H3. The predicted molar refractivity (Wildman–Crippen MR) is 119 cm³/mol. The van der Waals surface area contributed by atoms with Crippen LogP contribution in [-0.2, 0) is 7.05 Å². The lowest BCUT2D eigenvalue weighted by Crippen LogP contribution is -2.14. The minimum absolute atomic E-state index is 0.306. The smallest absolute Gasteiger partial charge is 0.283 e. The number of hydrogen-bond donors (Lipinski definition) is 0. The zero-order chi connectivity index (χ0) is 20.0. The van der Waals surface area contributed by atoms with Gasteiger partial charge >= 0.3 is 0 Å². The molecule has 29 heavy (non-hydrogen) atoms. The molecule has 1 heterocycles. The van der Waals surface area contributed by atoms with Gasteiger partial charge in [-0.3, -0.25) is 4.79 Å². The van der Waals surface area contributed by atoms with Crippen LogP contribution in [0.5, 0.6) is 5.75 Å². The Kier molecular flexibility index (Phi) is 4.18. The number of benzene rings is 4. The summed E-state index contributed by atoms with van der Waals surface area (Å²) in [7, 11) is 3.53. The molecule has 0 saturated heterocycles. The highest BCUT2D eigenvalue weighted by atomic mass is 32.1. The largest absolute Gasteiger partial charge is 0.496 e. The van der Waals surface area contributed by atoms with Gasteiger partial charge in [0, 0.05) is 12.4 Å². The van der Waals surface area contributed by atoms with Gasteiger partial charge in [-0.15, -0.1) is 0 Å². The molecule has 0 aliphatic heterocycles. The molecular weight excluding hydrogens is 380 g/mol. The number of ether oxygens (including phenoxy) is 1. The molecule has 4 nitrogen and oxygen atoms in total. The normalized spacial score (nSPS) is 12.1. The number of rotatable bonds is 2. The lowest BCUT2D eigenvalue weighted by molar-refractivity contribution is 0.0995. The van der Waals surface area contributed by atoms with E-state index in [4.69, 9.17) is 4.74 Å². The molecule has 0 unspecified atom stereocenters. The number of aromatic nitrogens is 1. The van der Waals surface area contributed by atoms with Gasteiger partial charge in [-0.2, -0.15) is 4.99 Å². The van der Waals surface area contributed by atoms with Crippen molar-refractivity contribution in [3.63, 3.8) is 0 Å². The summed E-state index contributed by atoms with van der Waals surface area (Å²) in [4.78, 5) is 18.2. The van der Waals surface area contributed by atoms with E-state index in [0.717, 1.165) is 26.4 Å². The van der Waals surface area contributed by atoms with Gasteiger partial charge in [-0.05, 0) is 34.4 Å². The highest BCUT2D eigenvalue weighted by molar-refractivity contribution is 7.16. The van der Waals surface area contributed by atoms with E-state index < -0.39 is 0 Å². The summed E-state index contributed by atoms with van der Waals surface area (Å²) < 4.78 is 8.57. The molecule has 0 fully saturated rings. The minimum atomic E-state index is -0.306. The molecule has 1 amide bonds. The van der Waals surface area contributed by atoms with Crippen LogP contribution in [0.15, 0.2) is 77.8 Å². The summed E-state index contributed by atoms with van der Waals surface area (Å²) >= 11 is 1.51. The molecule has 0 aliphatic carbocycles. The van der Waals surface area contributed by atoms with Crippen molar-refractivity contribution in [1.29, 1.82) is 0 Å². The van der Waals surface area contributed by atoms with Crippen LogP contribution in [0.2, 0.25) is 0 Å². The first kappa shape index (κ1) is 17.6. The quantitative estimate of drug-likeness (QED) is 0.405. The zero-order valence-electron chi connectivity index (χ0n) is 16.0. The van der Waals surface area contributed by atoms with Gasteiger partial charge < -0.3 is 9.30 Å². The van der Waals surface area contributed by atoms with Crippen molar-refractivity contribution in [3.8, 4) is 5.75 Å². The molecule has 0 N–H and O–H groups in total. The van der Waals surface area contributed by atoms with Crippen LogP contribution in [-0.4, -0.2) is 17.6 Å². The van der Waals surface area contributed by atoms with E-state index in [1.807, 2.05) is 60.1 Å². The molecule has 4 aromatic carbocycles. The maximum atomic E-state index is 13.1. The molecule has 0 radical (unpaired) electrons. The average molecular weight is 398 g/mol. The number of amides is 1. The van der Waals surface area contributed by atoms with E-state index in [1.54, 1.807) is 7.11 Å². The molecule has 5 heteroatoms. The lowest BCUT2D eigenvalue weighted by Gasteiger charge is -2.07. The van der Waals surface area contributed by atoms with Crippen molar-refractivity contribution in [1.82, 2.24) is 4.57 Å². The molecule has 0 atom stereocenters. The Hall–Kier alpha value is -3.44. The first-order valence-electron chi connectivity index (χ1n) is 9.29. The summed E-state index contributed by atoms with van der Waals surface area (Å²) in [5.74, 6) is 0.228. The fraction of sp³-hybridized carbons (Fsp3) is 0.0833. The Bertz CT molecular complexity index is 1480. The van der Waals surface area contributed by atoms with Crippen LogP contribution in [0.3, 0.4) is 0 Å². The van der Waals surface area contributed by atoms with Crippen LogP contribution >= 0.6 is 11.3 Å². The molecule has 5 rings (SSSR count). The van der Waals surface area contributed by atoms with Crippen LogP contribution < -0.4 is 9.54 Å². The molecule has 0 aliphatic rings. The Morgan fingerprint density at radius 3 is 2.38 bits per heavy atom. The number of carbonyl (C=O) groups is 1. The van der Waals surface area contributed by atoms with E-state index in [1.165, 1.54) is 16.7 Å². The summed E-state index contributed by atoms with van der Waals surface area (Å²) in [5, 5.41) is 4.33. The third-order valence-corrected chi connectivity index (χ3v) is 6.28. The second-order valence-electron chi connectivity index (χ2n) is 6.89. The zero-order valence-corrected chi connectivity index (χ0v) is 16.9. The summed E-state index contributed by atoms with van der Waals surface area (Å²) in [6.45, 7) is 0.